The van der Waals surface area contributed by atoms with Crippen LogP contribution in [0, 0.1) is 18.8 Å². The maximum atomic E-state index is 12.6. The summed E-state index contributed by atoms with van der Waals surface area (Å²) in [5.41, 5.74) is 6.99. The molecule has 0 unspecified atom stereocenters. The predicted octanol–water partition coefficient (Wildman–Crippen LogP) is 3.80. The van der Waals surface area contributed by atoms with Crippen LogP contribution in [0.1, 0.15) is 54.4 Å². The van der Waals surface area contributed by atoms with E-state index < -0.39 is 0 Å². The number of aromatic amines is 1. The van der Waals surface area contributed by atoms with Crippen molar-refractivity contribution in [3.05, 3.63) is 35.7 Å². The number of nitrogens with one attached hydrogen (secondary N) is 3. The van der Waals surface area contributed by atoms with Gasteiger partial charge in [-0.05, 0) is 30.9 Å². The molecule has 1 saturated carbocycles. The highest BCUT2D eigenvalue weighted by atomic mass is 16.2. The van der Waals surface area contributed by atoms with Gasteiger partial charge in [-0.2, -0.15) is 10.2 Å². The highest BCUT2D eigenvalue weighted by molar-refractivity contribution is 6.18. The van der Waals surface area contributed by atoms with Crippen LogP contribution in [-0.2, 0) is 11.8 Å². The van der Waals surface area contributed by atoms with E-state index in [9.17, 15) is 9.59 Å². The van der Waals surface area contributed by atoms with Gasteiger partial charge in [0.15, 0.2) is 0 Å². The largest absolute Gasteiger partial charge is 0.354 e. The molecule has 5 rings (SSSR count). The fourth-order valence-corrected chi connectivity index (χ4v) is 4.60. The number of benzene rings is 1. The lowest BCUT2D eigenvalue weighted by atomic mass is 9.87. The second-order valence-electron chi connectivity index (χ2n) is 8.22. The molecule has 8 nitrogen and oxygen atoms in total. The van der Waals surface area contributed by atoms with Gasteiger partial charge >= 0.3 is 0 Å². The van der Waals surface area contributed by atoms with Crippen molar-refractivity contribution in [2.45, 2.75) is 38.5 Å². The SMILES string of the molecule is C#C.Cn1cc(-c2[nH]c3cc(NC(=O)CC4CCCCC4)cc4c3c2C=NNC4=O)cn1. The topological polar surface area (TPSA) is 104 Å². The van der Waals surface area contributed by atoms with Crippen LogP contribution in [-0.4, -0.2) is 32.8 Å². The Hall–Kier alpha value is -3.86. The van der Waals surface area contributed by atoms with Crippen molar-refractivity contribution >= 4 is 34.6 Å². The van der Waals surface area contributed by atoms with Crippen molar-refractivity contribution in [2.24, 2.45) is 18.1 Å². The third kappa shape index (κ3) is 4.14. The van der Waals surface area contributed by atoms with Gasteiger partial charge in [-0.15, -0.1) is 12.8 Å². The van der Waals surface area contributed by atoms with Crippen LogP contribution >= 0.6 is 0 Å². The highest BCUT2D eigenvalue weighted by Gasteiger charge is 2.23. The fraction of sp³-hybridized carbons (Fsp3) is 0.333. The summed E-state index contributed by atoms with van der Waals surface area (Å²) in [6.45, 7) is 0. The number of hydrazone groups is 1. The molecule has 3 heterocycles. The molecule has 32 heavy (non-hydrogen) atoms. The number of rotatable bonds is 4. The second-order valence-corrected chi connectivity index (χ2v) is 8.22. The first kappa shape index (κ1) is 21.4. The summed E-state index contributed by atoms with van der Waals surface area (Å²) in [6.07, 6.45) is 19.8. The Morgan fingerprint density at radius 2 is 2.03 bits per heavy atom. The number of amides is 2. The minimum atomic E-state index is -0.296. The van der Waals surface area contributed by atoms with Gasteiger partial charge in [-0.1, -0.05) is 19.3 Å². The first-order chi connectivity index (χ1) is 15.6. The van der Waals surface area contributed by atoms with Crippen LogP contribution in [0.15, 0.2) is 29.6 Å². The smallest absolute Gasteiger partial charge is 0.272 e. The number of hydrogen-bond acceptors (Lipinski definition) is 4. The Morgan fingerprint density at radius 3 is 2.75 bits per heavy atom. The number of anilines is 1. The van der Waals surface area contributed by atoms with Crippen LogP contribution in [0.25, 0.3) is 22.2 Å². The van der Waals surface area contributed by atoms with E-state index in [1.165, 1.54) is 19.3 Å². The Labute approximate surface area is 186 Å². The zero-order valence-corrected chi connectivity index (χ0v) is 18.0. The fourth-order valence-electron chi connectivity index (χ4n) is 4.60. The van der Waals surface area contributed by atoms with Gasteiger partial charge in [0.2, 0.25) is 5.91 Å². The van der Waals surface area contributed by atoms with Gasteiger partial charge in [-0.25, -0.2) is 5.43 Å². The third-order valence-corrected chi connectivity index (χ3v) is 6.02. The number of H-pyrrole nitrogens is 1. The van der Waals surface area contributed by atoms with E-state index in [0.29, 0.717) is 23.6 Å². The van der Waals surface area contributed by atoms with E-state index >= 15 is 0 Å². The third-order valence-electron chi connectivity index (χ3n) is 6.02. The molecule has 3 aromatic rings. The van der Waals surface area contributed by atoms with Gasteiger partial charge in [0.1, 0.15) is 0 Å². The maximum Gasteiger partial charge on any atom is 0.272 e. The minimum Gasteiger partial charge on any atom is -0.354 e. The number of terminal acetylenes is 1. The number of carbonyl (C=O) groups excluding carboxylic acids is 2. The lowest BCUT2D eigenvalue weighted by molar-refractivity contribution is -0.117. The summed E-state index contributed by atoms with van der Waals surface area (Å²) in [5, 5.41) is 12.1. The van der Waals surface area contributed by atoms with Crippen molar-refractivity contribution in [3.63, 3.8) is 0 Å². The second kappa shape index (κ2) is 9.10. The van der Waals surface area contributed by atoms with Crippen LogP contribution in [0.5, 0.6) is 0 Å². The molecule has 1 aliphatic carbocycles. The average Bonchev–Trinajstić information content (AvgIpc) is 3.33. The monoisotopic (exact) mass is 430 g/mol. The van der Waals surface area contributed by atoms with Gasteiger partial charge in [0, 0.05) is 47.4 Å². The van der Waals surface area contributed by atoms with E-state index in [1.54, 1.807) is 23.2 Å². The summed E-state index contributed by atoms with van der Waals surface area (Å²) in [7, 11) is 1.86. The molecule has 2 amide bonds. The molecule has 0 atom stereocenters. The molecule has 0 bridgehead atoms. The molecule has 0 saturated heterocycles. The van der Waals surface area contributed by atoms with Gasteiger partial charge in [0.25, 0.3) is 5.91 Å². The van der Waals surface area contributed by atoms with Crippen LogP contribution in [0.2, 0.25) is 0 Å². The van der Waals surface area contributed by atoms with Crippen molar-refractivity contribution in [1.82, 2.24) is 20.2 Å². The first-order valence-electron chi connectivity index (χ1n) is 10.7. The molecule has 2 aromatic heterocycles. The van der Waals surface area contributed by atoms with E-state index in [4.69, 9.17) is 0 Å². The molecular weight excluding hydrogens is 404 g/mol. The number of hydrogen-bond donors (Lipinski definition) is 3. The molecule has 1 aliphatic heterocycles. The molecule has 164 valence electrons. The zero-order chi connectivity index (χ0) is 22.7. The molecule has 1 fully saturated rings. The molecule has 8 heteroatoms. The lowest BCUT2D eigenvalue weighted by Crippen LogP contribution is -2.19. The summed E-state index contributed by atoms with van der Waals surface area (Å²) >= 11 is 0. The Morgan fingerprint density at radius 1 is 1.25 bits per heavy atom. The number of carbonyl (C=O) groups is 2. The van der Waals surface area contributed by atoms with E-state index in [2.05, 4.69) is 38.8 Å². The molecule has 1 aromatic carbocycles. The Bertz CT molecular complexity index is 1210. The van der Waals surface area contributed by atoms with Crippen LogP contribution < -0.4 is 10.7 Å². The number of aromatic nitrogens is 3. The zero-order valence-electron chi connectivity index (χ0n) is 18.0. The number of nitrogens with zero attached hydrogens (tertiary/aromatic N) is 3. The van der Waals surface area contributed by atoms with Crippen LogP contribution in [0.4, 0.5) is 5.69 Å². The molecule has 0 radical (unpaired) electrons. The lowest BCUT2D eigenvalue weighted by Gasteiger charge is -2.20. The quantitative estimate of drug-likeness (QED) is 0.548. The van der Waals surface area contributed by atoms with Gasteiger partial charge in [-0.3, -0.25) is 14.3 Å². The minimum absolute atomic E-state index is 0.00186. The van der Waals surface area contributed by atoms with Crippen molar-refractivity contribution in [3.8, 4) is 24.1 Å². The van der Waals surface area contributed by atoms with E-state index in [0.717, 1.165) is 40.6 Å². The summed E-state index contributed by atoms with van der Waals surface area (Å²) in [4.78, 5) is 28.6. The molecule has 0 spiro atoms. The molecule has 2 aliphatic rings. The van der Waals surface area contributed by atoms with Gasteiger partial charge in [0.05, 0.1) is 23.7 Å². The number of aryl methyl sites for hydroxylation is 1. The first-order valence-corrected chi connectivity index (χ1v) is 10.7. The van der Waals surface area contributed by atoms with Crippen molar-refractivity contribution < 1.29 is 9.59 Å². The van der Waals surface area contributed by atoms with E-state index in [1.807, 2.05) is 19.3 Å². The summed E-state index contributed by atoms with van der Waals surface area (Å²) < 4.78 is 1.72. The maximum absolute atomic E-state index is 12.6. The van der Waals surface area contributed by atoms with Crippen molar-refractivity contribution in [2.75, 3.05) is 5.32 Å². The Kier molecular flexibility index (Phi) is 6.08. The standard InChI is InChI=1S/C22H24N6O2.C2H2/c1-28-12-14(10-24-28)21-17-11-23-27-22(30)16-8-15(9-18(26-21)20(16)17)25-19(29)7-13-5-3-2-4-6-13;1-2/h8-13,26H,2-7H2,1H3,(H,25,29)(H,27,30);1-2H. The highest BCUT2D eigenvalue weighted by Crippen LogP contribution is 2.34. The Balaban J connectivity index is 0.00000119. The average molecular weight is 431 g/mol. The van der Waals surface area contributed by atoms with Crippen molar-refractivity contribution in [1.29, 1.82) is 0 Å². The normalized spacial score (nSPS) is 15.5. The van der Waals surface area contributed by atoms with Crippen LogP contribution in [0.3, 0.4) is 0 Å². The van der Waals surface area contributed by atoms with E-state index in [-0.39, 0.29) is 11.8 Å². The summed E-state index contributed by atoms with van der Waals surface area (Å²) in [6, 6.07) is 3.61. The molecular formula is C24H26N6O2. The molecule has 3 N–H and O–H groups in total. The predicted molar refractivity (Wildman–Crippen MR) is 125 cm³/mol. The van der Waals surface area contributed by atoms with Gasteiger partial charge < -0.3 is 10.3 Å². The summed E-state index contributed by atoms with van der Waals surface area (Å²) in [5.74, 6) is 0.156.